The van der Waals surface area contributed by atoms with E-state index in [0.29, 0.717) is 5.92 Å². The zero-order valence-electron chi connectivity index (χ0n) is 6.90. The molecule has 1 fully saturated rings. The van der Waals surface area contributed by atoms with Crippen molar-refractivity contribution in [1.29, 1.82) is 0 Å². The summed E-state index contributed by atoms with van der Waals surface area (Å²) in [4.78, 5) is 11.2. The van der Waals surface area contributed by atoms with E-state index in [2.05, 4.69) is 19.2 Å². The summed E-state index contributed by atoms with van der Waals surface area (Å²) in [6, 6.07) is 0. The Labute approximate surface area is 63.5 Å². The number of amides is 1. The third kappa shape index (κ3) is 0.917. The van der Waals surface area contributed by atoms with Gasteiger partial charge in [-0.05, 0) is 18.8 Å². The second-order valence-corrected chi connectivity index (χ2v) is 3.39. The summed E-state index contributed by atoms with van der Waals surface area (Å²) in [6.07, 6.45) is 2.15. The molecule has 0 aromatic heterocycles. The number of carbonyl (C=O) groups excluding carboxylic acids is 1. The maximum Gasteiger partial charge on any atom is 0.226 e. The second kappa shape index (κ2) is 2.26. The first-order valence-corrected chi connectivity index (χ1v) is 3.85. The maximum absolute atomic E-state index is 11.2. The average Bonchev–Trinajstić information content (AvgIpc) is 2.65. The van der Waals surface area contributed by atoms with E-state index in [9.17, 15) is 4.79 Å². The predicted molar refractivity (Wildman–Crippen MR) is 42.7 cm³/mol. The largest absolute Gasteiger partial charge is 0.359 e. The summed E-state index contributed by atoms with van der Waals surface area (Å²) in [6.45, 7) is 4.23. The second-order valence-electron chi connectivity index (χ2n) is 3.39. The molecular weight excluding hydrogens is 126 g/mol. The molecule has 1 amide bonds. The Morgan fingerprint density at radius 1 is 1.60 bits per heavy atom. The Morgan fingerprint density at radius 2 is 2.10 bits per heavy atom. The van der Waals surface area contributed by atoms with Crippen LogP contribution in [0, 0.1) is 11.3 Å². The van der Waals surface area contributed by atoms with E-state index >= 15 is 0 Å². The molecule has 0 bridgehead atoms. The summed E-state index contributed by atoms with van der Waals surface area (Å²) in [5.41, 5.74) is 0.00868. The van der Waals surface area contributed by atoms with Crippen molar-refractivity contribution in [2.75, 3.05) is 7.05 Å². The van der Waals surface area contributed by atoms with Gasteiger partial charge in [-0.25, -0.2) is 0 Å². The van der Waals surface area contributed by atoms with Crippen LogP contribution in [0.15, 0.2) is 0 Å². The monoisotopic (exact) mass is 143 g/mol. The van der Waals surface area contributed by atoms with Crippen molar-refractivity contribution >= 4 is 5.91 Å². The van der Waals surface area contributed by atoms with E-state index in [4.69, 9.17) is 0 Å². The van der Waals surface area contributed by atoms with Gasteiger partial charge < -0.3 is 5.32 Å². The zero-order valence-corrected chi connectivity index (χ0v) is 6.90. The molecule has 1 aliphatic carbocycles. The summed E-state index contributed by atoms with van der Waals surface area (Å²) in [7, 11) is 1.71. The molecule has 1 N–H and O–H groups in total. The highest BCUT2D eigenvalue weighted by Gasteiger charge is 2.51. The highest BCUT2D eigenvalue weighted by atomic mass is 16.2. The molecule has 2 heteroatoms. The Balaban J connectivity index is 0.000001000. The van der Waals surface area contributed by atoms with Crippen LogP contribution in [0.4, 0.5) is 0 Å². The molecule has 1 rings (SSSR count). The summed E-state index contributed by atoms with van der Waals surface area (Å²) < 4.78 is 0. The quantitative estimate of drug-likeness (QED) is 0.622. The van der Waals surface area contributed by atoms with Gasteiger partial charge in [0.05, 0.1) is 5.41 Å². The minimum absolute atomic E-state index is 0. The maximum atomic E-state index is 11.2. The molecule has 0 atom stereocenters. The molecule has 0 unspecified atom stereocenters. The minimum atomic E-state index is 0. The van der Waals surface area contributed by atoms with Gasteiger partial charge in [0.15, 0.2) is 0 Å². The Hall–Kier alpha value is -0.530. The lowest BCUT2D eigenvalue weighted by Gasteiger charge is -2.16. The smallest absolute Gasteiger partial charge is 0.226 e. The highest BCUT2D eigenvalue weighted by Crippen LogP contribution is 2.51. The molecule has 2 nitrogen and oxygen atoms in total. The topological polar surface area (TPSA) is 29.1 Å². The van der Waals surface area contributed by atoms with Crippen molar-refractivity contribution in [3.63, 3.8) is 0 Å². The van der Waals surface area contributed by atoms with Crippen molar-refractivity contribution in [3.8, 4) is 0 Å². The van der Waals surface area contributed by atoms with Gasteiger partial charge in [-0.2, -0.15) is 0 Å². The third-order valence-electron chi connectivity index (χ3n) is 2.57. The Kier molecular flexibility index (Phi) is 1.71. The molecule has 0 aromatic carbocycles. The van der Waals surface area contributed by atoms with Crippen LogP contribution in [-0.2, 0) is 4.79 Å². The highest BCUT2D eigenvalue weighted by molar-refractivity contribution is 5.85. The van der Waals surface area contributed by atoms with Crippen LogP contribution >= 0.6 is 0 Å². The fourth-order valence-corrected chi connectivity index (χ4v) is 1.45. The molecular formula is C8H17NO. The van der Waals surface area contributed by atoms with Gasteiger partial charge in [-0.1, -0.05) is 13.8 Å². The van der Waals surface area contributed by atoms with Gasteiger partial charge >= 0.3 is 0 Å². The molecule has 1 aliphatic rings. The molecule has 0 aliphatic heterocycles. The van der Waals surface area contributed by atoms with Crippen molar-refractivity contribution in [1.82, 2.24) is 5.32 Å². The van der Waals surface area contributed by atoms with Crippen LogP contribution in [0.2, 0.25) is 0 Å². The SMILES string of the molecule is CNC(=O)C1(C(C)C)CC1.[HH]. The Bertz CT molecular complexity index is 152. The number of carbonyl (C=O) groups is 1. The first kappa shape index (κ1) is 7.58. The fourth-order valence-electron chi connectivity index (χ4n) is 1.45. The van der Waals surface area contributed by atoms with Crippen molar-refractivity contribution in [2.24, 2.45) is 11.3 Å². The third-order valence-corrected chi connectivity index (χ3v) is 2.57. The number of rotatable bonds is 2. The Morgan fingerprint density at radius 3 is 2.20 bits per heavy atom. The minimum Gasteiger partial charge on any atom is -0.359 e. The summed E-state index contributed by atoms with van der Waals surface area (Å²) in [5.74, 6) is 0.718. The van der Waals surface area contributed by atoms with Gasteiger partial charge in [0, 0.05) is 8.47 Å². The molecule has 60 valence electrons. The van der Waals surface area contributed by atoms with Crippen molar-refractivity contribution < 1.29 is 6.22 Å². The fraction of sp³-hybridized carbons (Fsp3) is 0.875. The van der Waals surface area contributed by atoms with E-state index in [0.717, 1.165) is 12.8 Å². The van der Waals surface area contributed by atoms with E-state index in [-0.39, 0.29) is 12.7 Å². The van der Waals surface area contributed by atoms with Crippen LogP contribution in [-0.4, -0.2) is 13.0 Å². The van der Waals surface area contributed by atoms with Crippen LogP contribution in [0.5, 0.6) is 0 Å². The van der Waals surface area contributed by atoms with Crippen molar-refractivity contribution in [3.05, 3.63) is 0 Å². The summed E-state index contributed by atoms with van der Waals surface area (Å²) in [5, 5.41) is 2.71. The molecule has 0 aromatic rings. The van der Waals surface area contributed by atoms with E-state index in [1.807, 2.05) is 0 Å². The number of nitrogens with one attached hydrogen (secondary N) is 1. The van der Waals surface area contributed by atoms with E-state index in [1.165, 1.54) is 0 Å². The average molecular weight is 143 g/mol. The normalized spacial score (nSPS) is 20.8. The van der Waals surface area contributed by atoms with E-state index in [1.54, 1.807) is 7.05 Å². The van der Waals surface area contributed by atoms with Crippen LogP contribution in [0.1, 0.15) is 28.1 Å². The predicted octanol–water partition coefficient (Wildman–Crippen LogP) is 1.41. The zero-order chi connectivity index (χ0) is 7.78. The van der Waals surface area contributed by atoms with Gasteiger partial charge in [0.1, 0.15) is 0 Å². The van der Waals surface area contributed by atoms with Gasteiger partial charge in [0.25, 0.3) is 0 Å². The molecule has 0 radical (unpaired) electrons. The lowest BCUT2D eigenvalue weighted by atomic mass is 9.92. The van der Waals surface area contributed by atoms with Gasteiger partial charge in [-0.15, -0.1) is 0 Å². The van der Waals surface area contributed by atoms with Crippen LogP contribution in [0.25, 0.3) is 0 Å². The van der Waals surface area contributed by atoms with E-state index < -0.39 is 0 Å². The van der Waals surface area contributed by atoms with Crippen LogP contribution in [0.3, 0.4) is 0 Å². The van der Waals surface area contributed by atoms with Crippen molar-refractivity contribution in [2.45, 2.75) is 26.7 Å². The lowest BCUT2D eigenvalue weighted by molar-refractivity contribution is -0.127. The standard InChI is InChI=1S/C8H15NO.H2/c1-6(2)8(4-5-8)7(10)9-3;/h6H,4-5H2,1-3H3,(H,9,10);1H. The first-order chi connectivity index (χ1) is 4.63. The van der Waals surface area contributed by atoms with Crippen LogP contribution < -0.4 is 5.32 Å². The molecule has 1 saturated carbocycles. The molecule has 10 heavy (non-hydrogen) atoms. The number of hydrogen-bond acceptors (Lipinski definition) is 1. The van der Waals surface area contributed by atoms with Gasteiger partial charge in [-0.3, -0.25) is 4.79 Å². The molecule has 0 spiro atoms. The summed E-state index contributed by atoms with van der Waals surface area (Å²) >= 11 is 0. The number of hydrogen-bond donors (Lipinski definition) is 1. The molecule has 0 saturated heterocycles. The lowest BCUT2D eigenvalue weighted by Crippen LogP contribution is -2.32. The molecule has 0 heterocycles. The van der Waals surface area contributed by atoms with Gasteiger partial charge in [0.2, 0.25) is 5.91 Å². The first-order valence-electron chi connectivity index (χ1n) is 3.85.